The molecule has 4 rings (SSSR count). The number of halogens is 3. The van der Waals surface area contributed by atoms with Gasteiger partial charge in [0.05, 0.1) is 11.1 Å². The molecule has 0 saturated heterocycles. The first-order chi connectivity index (χ1) is 17.0. The van der Waals surface area contributed by atoms with Crippen LogP contribution < -0.4 is 0 Å². The van der Waals surface area contributed by atoms with Gasteiger partial charge in [-0.15, -0.1) is 0 Å². The van der Waals surface area contributed by atoms with Gasteiger partial charge in [-0.2, -0.15) is 0 Å². The summed E-state index contributed by atoms with van der Waals surface area (Å²) in [6.07, 6.45) is 16.7. The molecule has 0 N–H and O–H groups in total. The summed E-state index contributed by atoms with van der Waals surface area (Å²) in [5, 5.41) is 0. The second kappa shape index (κ2) is 11.8. The molecule has 35 heavy (non-hydrogen) atoms. The van der Waals surface area contributed by atoms with Gasteiger partial charge in [-0.05, 0) is 118 Å². The third kappa shape index (κ3) is 6.10. The van der Waals surface area contributed by atoms with Gasteiger partial charge in [0.1, 0.15) is 5.82 Å². The lowest BCUT2D eigenvalue weighted by Crippen LogP contribution is -2.30. The van der Waals surface area contributed by atoms with Crippen LogP contribution in [0.15, 0.2) is 54.6 Å². The lowest BCUT2D eigenvalue weighted by molar-refractivity contribution is 0.133. The number of allylic oxidation sites excluding steroid dienone is 4. The van der Waals surface area contributed by atoms with Crippen molar-refractivity contribution in [3.8, 4) is 11.8 Å². The first-order valence-corrected chi connectivity index (χ1v) is 13.0. The lowest BCUT2D eigenvalue weighted by Gasteiger charge is -2.41. The largest absolute Gasteiger partial charge is 0.206 e. The summed E-state index contributed by atoms with van der Waals surface area (Å²) < 4.78 is 43.8. The molecule has 0 aliphatic heterocycles. The van der Waals surface area contributed by atoms with Crippen molar-refractivity contribution in [3.63, 3.8) is 0 Å². The Morgan fingerprint density at radius 3 is 2.34 bits per heavy atom. The summed E-state index contributed by atoms with van der Waals surface area (Å²) in [5.41, 5.74) is 1.52. The summed E-state index contributed by atoms with van der Waals surface area (Å²) >= 11 is 0. The monoisotopic (exact) mass is 476 g/mol. The van der Waals surface area contributed by atoms with Crippen molar-refractivity contribution in [1.29, 1.82) is 0 Å². The second-order valence-electron chi connectivity index (χ2n) is 10.1. The van der Waals surface area contributed by atoms with Crippen molar-refractivity contribution in [1.82, 2.24) is 0 Å². The molecule has 4 unspecified atom stereocenters. The average molecular weight is 477 g/mol. The van der Waals surface area contributed by atoms with E-state index >= 15 is 0 Å². The molecule has 2 saturated carbocycles. The van der Waals surface area contributed by atoms with E-state index in [2.05, 4.69) is 30.9 Å². The van der Waals surface area contributed by atoms with Crippen molar-refractivity contribution in [2.24, 2.45) is 17.8 Å². The molecule has 0 aromatic heterocycles. The first-order valence-electron chi connectivity index (χ1n) is 13.0. The molecule has 4 atom stereocenters. The zero-order chi connectivity index (χ0) is 24.8. The Hall–Kier alpha value is -2.73. The molecule has 0 radical (unpaired) electrons. The van der Waals surface area contributed by atoms with Crippen LogP contribution in [0.1, 0.15) is 87.0 Å². The van der Waals surface area contributed by atoms with Crippen LogP contribution >= 0.6 is 0 Å². The molecule has 2 aromatic carbocycles. The van der Waals surface area contributed by atoms with E-state index in [1.165, 1.54) is 31.7 Å². The van der Waals surface area contributed by atoms with Crippen LogP contribution in [0.5, 0.6) is 0 Å². The van der Waals surface area contributed by atoms with Gasteiger partial charge >= 0.3 is 0 Å². The minimum Gasteiger partial charge on any atom is -0.206 e. The molecule has 2 aromatic rings. The minimum absolute atomic E-state index is 0.0485. The van der Waals surface area contributed by atoms with Gasteiger partial charge in [0.2, 0.25) is 0 Å². The van der Waals surface area contributed by atoms with E-state index in [9.17, 15) is 13.2 Å². The predicted molar refractivity (Wildman–Crippen MR) is 138 cm³/mol. The Morgan fingerprint density at radius 1 is 0.829 bits per heavy atom. The summed E-state index contributed by atoms with van der Waals surface area (Å²) in [6, 6.07) is 8.29. The molecule has 0 nitrogen and oxygen atoms in total. The Balaban J connectivity index is 1.43. The standard InChI is InChI=1S/C32H35F3/c1-3-5-6-8-24-14-15-25(32(35)31(24)34)13-11-23-12-16-29(21-30(23)33)28-18-17-26-19-22(7-4-2)9-10-27(26)20-28/h3-5,7,12,14-16,21-22,26-28H,6,8-10,17-20H2,1-2H3/b5-3+,7-4+. The fourth-order valence-electron chi connectivity index (χ4n) is 5.98. The van der Waals surface area contributed by atoms with Gasteiger partial charge in [-0.3, -0.25) is 0 Å². The van der Waals surface area contributed by atoms with Gasteiger partial charge in [0, 0.05) is 0 Å². The molecular weight excluding hydrogens is 441 g/mol. The molecule has 2 aliphatic rings. The van der Waals surface area contributed by atoms with Crippen LogP contribution in [-0.2, 0) is 6.42 Å². The lowest BCUT2D eigenvalue weighted by atomic mass is 9.64. The smallest absolute Gasteiger partial charge is 0.174 e. The van der Waals surface area contributed by atoms with Crippen LogP contribution in [0.4, 0.5) is 13.2 Å². The van der Waals surface area contributed by atoms with E-state index in [0.29, 0.717) is 24.3 Å². The van der Waals surface area contributed by atoms with Gasteiger partial charge in [-0.25, -0.2) is 13.2 Å². The van der Waals surface area contributed by atoms with Crippen molar-refractivity contribution in [2.75, 3.05) is 0 Å². The third-order valence-corrected chi connectivity index (χ3v) is 7.89. The zero-order valence-corrected chi connectivity index (χ0v) is 20.8. The summed E-state index contributed by atoms with van der Waals surface area (Å²) in [6.45, 7) is 3.99. The van der Waals surface area contributed by atoms with Crippen LogP contribution in [-0.4, -0.2) is 0 Å². The molecule has 0 amide bonds. The zero-order valence-electron chi connectivity index (χ0n) is 20.8. The Bertz CT molecular complexity index is 1150. The van der Waals surface area contributed by atoms with Gasteiger partial charge in [0.25, 0.3) is 0 Å². The number of aryl methyl sites for hydroxylation is 1. The average Bonchev–Trinajstić information content (AvgIpc) is 2.86. The van der Waals surface area contributed by atoms with Crippen molar-refractivity contribution in [2.45, 2.75) is 71.1 Å². The topological polar surface area (TPSA) is 0 Å². The Morgan fingerprint density at radius 2 is 1.57 bits per heavy atom. The predicted octanol–water partition coefficient (Wildman–Crippen LogP) is 8.89. The molecule has 0 bridgehead atoms. The van der Waals surface area contributed by atoms with Crippen LogP contribution in [0, 0.1) is 47.0 Å². The number of hydrogen-bond donors (Lipinski definition) is 0. The SMILES string of the molecule is C/C=C/CCc1ccc(C#Cc2ccc(C3CCC4CC(/C=C/C)CCC4C3)cc2F)c(F)c1F. The highest BCUT2D eigenvalue weighted by Crippen LogP contribution is 2.47. The number of benzene rings is 2. The van der Waals surface area contributed by atoms with Gasteiger partial charge in [0.15, 0.2) is 11.6 Å². The molecule has 184 valence electrons. The molecule has 2 aliphatic carbocycles. The maximum absolute atomic E-state index is 14.9. The summed E-state index contributed by atoms with van der Waals surface area (Å²) in [7, 11) is 0. The van der Waals surface area contributed by atoms with Gasteiger partial charge < -0.3 is 0 Å². The minimum atomic E-state index is -0.964. The normalized spacial score (nSPS) is 24.4. The second-order valence-corrected chi connectivity index (χ2v) is 10.1. The molecule has 0 spiro atoms. The highest BCUT2D eigenvalue weighted by molar-refractivity contribution is 5.46. The van der Waals surface area contributed by atoms with Crippen LogP contribution in [0.25, 0.3) is 0 Å². The fraction of sp³-hybridized carbons (Fsp3) is 0.438. The van der Waals surface area contributed by atoms with E-state index in [1.807, 2.05) is 25.1 Å². The number of fused-ring (bicyclic) bond motifs is 1. The number of rotatable bonds is 5. The maximum atomic E-state index is 14.9. The first kappa shape index (κ1) is 25.4. The third-order valence-electron chi connectivity index (χ3n) is 7.89. The van der Waals surface area contributed by atoms with Crippen molar-refractivity contribution >= 4 is 0 Å². The van der Waals surface area contributed by atoms with E-state index < -0.39 is 17.5 Å². The summed E-state index contributed by atoms with van der Waals surface area (Å²) in [5.74, 6) is 5.75. The van der Waals surface area contributed by atoms with E-state index in [1.54, 1.807) is 18.2 Å². The van der Waals surface area contributed by atoms with Crippen molar-refractivity contribution in [3.05, 3.63) is 94.3 Å². The van der Waals surface area contributed by atoms with E-state index in [-0.39, 0.29) is 11.1 Å². The van der Waals surface area contributed by atoms with E-state index in [0.717, 1.165) is 36.2 Å². The molecular formula is C32H35F3. The summed E-state index contributed by atoms with van der Waals surface area (Å²) in [4.78, 5) is 0. The van der Waals surface area contributed by atoms with E-state index in [4.69, 9.17) is 0 Å². The molecule has 3 heteroatoms. The number of hydrogen-bond acceptors (Lipinski definition) is 0. The van der Waals surface area contributed by atoms with Crippen molar-refractivity contribution < 1.29 is 13.2 Å². The van der Waals surface area contributed by atoms with Crippen LogP contribution in [0.3, 0.4) is 0 Å². The van der Waals surface area contributed by atoms with Crippen LogP contribution in [0.2, 0.25) is 0 Å². The molecule has 2 fully saturated rings. The maximum Gasteiger partial charge on any atom is 0.174 e. The highest BCUT2D eigenvalue weighted by atomic mass is 19.2. The highest BCUT2D eigenvalue weighted by Gasteiger charge is 2.35. The Labute approximate surface area is 208 Å². The quantitative estimate of drug-likeness (QED) is 0.299. The Kier molecular flexibility index (Phi) is 8.55. The molecule has 0 heterocycles. The van der Waals surface area contributed by atoms with Gasteiger partial charge in [-0.1, -0.05) is 48.3 Å². The fourth-order valence-corrected chi connectivity index (χ4v) is 5.98.